The Morgan fingerprint density at radius 3 is 2.62 bits per heavy atom. The van der Waals surface area contributed by atoms with Crippen LogP contribution in [0.3, 0.4) is 0 Å². The Morgan fingerprint density at radius 2 is 2.06 bits per heavy atom. The number of hydrogen-bond acceptors (Lipinski definition) is 4. The topological polar surface area (TPSA) is 66.8 Å². The van der Waals surface area contributed by atoms with E-state index in [1.54, 1.807) is 0 Å². The van der Waals surface area contributed by atoms with Gasteiger partial charge in [-0.1, -0.05) is 13.3 Å². The van der Waals surface area contributed by atoms with E-state index in [2.05, 4.69) is 0 Å². The predicted octanol–water partition coefficient (Wildman–Crippen LogP) is 2.48. The molecule has 2 N–H and O–H groups in total. The molecule has 16 heavy (non-hydrogen) atoms. The molecule has 0 fully saturated rings. The first-order chi connectivity index (χ1) is 7.56. The van der Waals surface area contributed by atoms with Gasteiger partial charge in [0.05, 0.1) is 6.61 Å². The smallest absolute Gasteiger partial charge is 0.167 e. The van der Waals surface area contributed by atoms with Crippen LogP contribution in [0.15, 0.2) is 12.1 Å². The number of ketones is 1. The average molecular weight is 224 g/mol. The van der Waals surface area contributed by atoms with Crippen LogP contribution in [0.4, 0.5) is 0 Å². The van der Waals surface area contributed by atoms with Crippen molar-refractivity contribution in [3.05, 3.63) is 17.7 Å². The van der Waals surface area contributed by atoms with Crippen molar-refractivity contribution in [3.63, 3.8) is 0 Å². The van der Waals surface area contributed by atoms with Crippen LogP contribution < -0.4 is 4.74 Å². The van der Waals surface area contributed by atoms with Crippen molar-refractivity contribution in [2.45, 2.75) is 26.7 Å². The van der Waals surface area contributed by atoms with E-state index in [-0.39, 0.29) is 28.6 Å². The number of unbranched alkanes of at least 4 members (excludes halogenated alkanes) is 1. The maximum Gasteiger partial charge on any atom is 0.167 e. The third-order valence-electron chi connectivity index (χ3n) is 2.17. The number of ether oxygens (including phenoxy) is 1. The van der Waals surface area contributed by atoms with E-state index in [9.17, 15) is 15.0 Å². The van der Waals surface area contributed by atoms with Crippen molar-refractivity contribution in [1.82, 2.24) is 0 Å². The van der Waals surface area contributed by atoms with Crippen molar-refractivity contribution >= 4 is 5.78 Å². The van der Waals surface area contributed by atoms with Crippen molar-refractivity contribution in [3.8, 4) is 17.2 Å². The highest BCUT2D eigenvalue weighted by molar-refractivity contribution is 5.99. The molecule has 88 valence electrons. The van der Waals surface area contributed by atoms with Crippen LogP contribution in [0.25, 0.3) is 0 Å². The Morgan fingerprint density at radius 1 is 1.38 bits per heavy atom. The van der Waals surface area contributed by atoms with Crippen LogP contribution in [0, 0.1) is 0 Å². The van der Waals surface area contributed by atoms with Gasteiger partial charge in [0.15, 0.2) is 5.78 Å². The van der Waals surface area contributed by atoms with Gasteiger partial charge in [-0.2, -0.15) is 0 Å². The van der Waals surface area contributed by atoms with Crippen LogP contribution >= 0.6 is 0 Å². The molecular weight excluding hydrogens is 208 g/mol. The Bertz CT molecular complexity index is 385. The minimum absolute atomic E-state index is 0.117. The van der Waals surface area contributed by atoms with E-state index in [1.807, 2.05) is 6.92 Å². The van der Waals surface area contributed by atoms with Gasteiger partial charge in [0.25, 0.3) is 0 Å². The molecule has 0 saturated carbocycles. The maximum absolute atomic E-state index is 11.3. The summed E-state index contributed by atoms with van der Waals surface area (Å²) in [5.41, 5.74) is 0.119. The summed E-state index contributed by atoms with van der Waals surface area (Å²) >= 11 is 0. The van der Waals surface area contributed by atoms with Crippen molar-refractivity contribution in [2.24, 2.45) is 0 Å². The molecule has 0 radical (unpaired) electrons. The minimum atomic E-state index is -0.288. The van der Waals surface area contributed by atoms with Gasteiger partial charge in [0.1, 0.15) is 22.8 Å². The Hall–Kier alpha value is -1.71. The summed E-state index contributed by atoms with van der Waals surface area (Å²) in [4.78, 5) is 11.3. The lowest BCUT2D eigenvalue weighted by atomic mass is 10.1. The number of carbonyl (C=O) groups excluding carboxylic acids is 1. The predicted molar refractivity (Wildman–Crippen MR) is 60.2 cm³/mol. The number of hydrogen-bond donors (Lipinski definition) is 2. The molecular formula is C12H16O4. The van der Waals surface area contributed by atoms with Gasteiger partial charge in [-0.15, -0.1) is 0 Å². The largest absolute Gasteiger partial charge is 0.508 e. The van der Waals surface area contributed by atoms with Crippen molar-refractivity contribution in [2.75, 3.05) is 6.61 Å². The molecule has 0 amide bonds. The number of Topliss-reactive ketones (excluding diaryl/α,β-unsaturated/α-hetero) is 1. The zero-order valence-corrected chi connectivity index (χ0v) is 9.49. The van der Waals surface area contributed by atoms with E-state index in [0.29, 0.717) is 6.61 Å². The molecule has 1 aromatic carbocycles. The molecule has 4 nitrogen and oxygen atoms in total. The normalized spacial score (nSPS) is 10.1. The third kappa shape index (κ3) is 2.89. The quantitative estimate of drug-likeness (QED) is 0.595. The number of phenolic OH excluding ortho intramolecular Hbond substituents is 2. The molecule has 0 aliphatic carbocycles. The lowest BCUT2D eigenvalue weighted by Crippen LogP contribution is -2.03. The van der Waals surface area contributed by atoms with Gasteiger partial charge in [0, 0.05) is 12.1 Å². The molecule has 0 aromatic heterocycles. The summed E-state index contributed by atoms with van der Waals surface area (Å²) < 4.78 is 5.36. The minimum Gasteiger partial charge on any atom is -0.508 e. The van der Waals surface area contributed by atoms with E-state index in [4.69, 9.17) is 4.74 Å². The molecule has 0 bridgehead atoms. The second-order valence-electron chi connectivity index (χ2n) is 3.60. The van der Waals surface area contributed by atoms with Crippen molar-refractivity contribution < 1.29 is 19.7 Å². The molecule has 0 aliphatic heterocycles. The molecule has 4 heteroatoms. The maximum atomic E-state index is 11.3. The Labute approximate surface area is 94.5 Å². The van der Waals surface area contributed by atoms with Crippen LogP contribution in [0.5, 0.6) is 17.2 Å². The summed E-state index contributed by atoms with van der Waals surface area (Å²) in [6.45, 7) is 3.83. The summed E-state index contributed by atoms with van der Waals surface area (Å²) in [5, 5.41) is 18.8. The van der Waals surface area contributed by atoms with Gasteiger partial charge in [-0.3, -0.25) is 4.79 Å². The van der Waals surface area contributed by atoms with Crippen LogP contribution in [0.1, 0.15) is 37.0 Å². The van der Waals surface area contributed by atoms with Gasteiger partial charge in [-0.25, -0.2) is 0 Å². The molecule has 0 spiro atoms. The second-order valence-corrected chi connectivity index (χ2v) is 3.60. The highest BCUT2D eigenvalue weighted by atomic mass is 16.5. The van der Waals surface area contributed by atoms with Gasteiger partial charge < -0.3 is 14.9 Å². The number of phenols is 2. The molecule has 0 unspecified atom stereocenters. The highest BCUT2D eigenvalue weighted by Gasteiger charge is 2.15. The Kier molecular flexibility index (Phi) is 4.17. The van der Waals surface area contributed by atoms with Gasteiger partial charge in [0.2, 0.25) is 0 Å². The Balaban J connectivity index is 2.99. The first kappa shape index (κ1) is 12.4. The van der Waals surface area contributed by atoms with Crippen LogP contribution in [-0.2, 0) is 0 Å². The monoisotopic (exact) mass is 224 g/mol. The summed E-state index contributed by atoms with van der Waals surface area (Å²) in [6, 6.07) is 2.47. The van der Waals surface area contributed by atoms with Crippen molar-refractivity contribution in [1.29, 1.82) is 0 Å². The van der Waals surface area contributed by atoms with E-state index >= 15 is 0 Å². The molecule has 0 heterocycles. The van der Waals surface area contributed by atoms with Crippen LogP contribution in [0.2, 0.25) is 0 Å². The lowest BCUT2D eigenvalue weighted by molar-refractivity contribution is 0.101. The lowest BCUT2D eigenvalue weighted by Gasteiger charge is -2.11. The fraction of sp³-hybridized carbons (Fsp3) is 0.417. The molecule has 1 aromatic rings. The summed E-state index contributed by atoms with van der Waals surface area (Å²) in [5.74, 6) is -0.421. The zero-order chi connectivity index (χ0) is 12.1. The summed E-state index contributed by atoms with van der Waals surface area (Å²) in [7, 11) is 0. The summed E-state index contributed by atoms with van der Waals surface area (Å²) in [6.07, 6.45) is 1.83. The van der Waals surface area contributed by atoms with Crippen LogP contribution in [-0.4, -0.2) is 22.6 Å². The van der Waals surface area contributed by atoms with Gasteiger partial charge >= 0.3 is 0 Å². The third-order valence-corrected chi connectivity index (χ3v) is 2.17. The fourth-order valence-corrected chi connectivity index (χ4v) is 1.38. The first-order valence-corrected chi connectivity index (χ1v) is 5.26. The highest BCUT2D eigenvalue weighted by Crippen LogP contribution is 2.33. The zero-order valence-electron chi connectivity index (χ0n) is 9.49. The van der Waals surface area contributed by atoms with E-state index in [1.165, 1.54) is 13.0 Å². The molecule has 0 saturated heterocycles. The number of carbonyl (C=O) groups is 1. The van der Waals surface area contributed by atoms with Gasteiger partial charge in [-0.05, 0) is 13.3 Å². The second kappa shape index (κ2) is 5.39. The number of aromatic hydroxyl groups is 2. The first-order valence-electron chi connectivity index (χ1n) is 5.26. The van der Waals surface area contributed by atoms with E-state index < -0.39 is 0 Å². The average Bonchev–Trinajstić information content (AvgIpc) is 2.16. The standard InChI is InChI=1S/C12H16O4/c1-3-4-5-16-11-7-9(14)6-10(15)12(11)8(2)13/h6-7,14-15H,3-5H2,1-2H3. The molecule has 0 aliphatic rings. The SMILES string of the molecule is CCCCOc1cc(O)cc(O)c1C(C)=O. The fourth-order valence-electron chi connectivity index (χ4n) is 1.38. The molecule has 1 rings (SSSR count). The van der Waals surface area contributed by atoms with E-state index in [0.717, 1.165) is 18.9 Å². The number of rotatable bonds is 5. The molecule has 0 atom stereocenters. The number of benzene rings is 1.